The highest BCUT2D eigenvalue weighted by atomic mass is 32.2. The lowest BCUT2D eigenvalue weighted by molar-refractivity contribution is -0.00768. The number of aromatic amines is 1. The number of H-pyrrole nitrogens is 1. The number of hydrogen-bond donors (Lipinski definition) is 2. The van der Waals surface area contributed by atoms with Crippen LogP contribution in [0.25, 0.3) is 0 Å². The largest absolute Gasteiger partial charge is 0.383 e. The molecule has 1 aliphatic rings. The van der Waals surface area contributed by atoms with E-state index < -0.39 is 15.6 Å². The highest BCUT2D eigenvalue weighted by Gasteiger charge is 2.40. The lowest BCUT2D eigenvalue weighted by Crippen LogP contribution is -2.55. The summed E-state index contributed by atoms with van der Waals surface area (Å²) in [6, 6.07) is 0. The lowest BCUT2D eigenvalue weighted by Gasteiger charge is -2.40. The van der Waals surface area contributed by atoms with E-state index in [1.165, 1.54) is 10.5 Å². The van der Waals surface area contributed by atoms with E-state index in [2.05, 4.69) is 10.2 Å². The smallest absolute Gasteiger partial charge is 0.248 e. The molecule has 0 unspecified atom stereocenters. The minimum atomic E-state index is -3.62. The molecule has 0 atom stereocenters. The molecule has 0 spiro atoms. The van der Waals surface area contributed by atoms with E-state index in [0.717, 1.165) is 0 Å². The molecule has 0 amide bonds. The Morgan fingerprint density at radius 2 is 2.29 bits per heavy atom. The fourth-order valence-electron chi connectivity index (χ4n) is 1.90. The molecule has 17 heavy (non-hydrogen) atoms. The average molecular weight is 260 g/mol. The van der Waals surface area contributed by atoms with Gasteiger partial charge in [-0.2, -0.15) is 9.40 Å². The first-order chi connectivity index (χ1) is 7.86. The van der Waals surface area contributed by atoms with Crippen LogP contribution in [-0.4, -0.2) is 48.2 Å². The van der Waals surface area contributed by atoms with Gasteiger partial charge in [-0.1, -0.05) is 0 Å². The van der Waals surface area contributed by atoms with Crippen molar-refractivity contribution in [2.75, 3.05) is 25.5 Å². The van der Waals surface area contributed by atoms with Crippen LogP contribution in [0.5, 0.6) is 0 Å². The van der Waals surface area contributed by atoms with Gasteiger partial charge in [0.05, 0.1) is 24.9 Å². The summed E-state index contributed by atoms with van der Waals surface area (Å²) in [5.41, 5.74) is 4.98. The monoisotopic (exact) mass is 260 g/mol. The van der Waals surface area contributed by atoms with Crippen molar-refractivity contribution in [3.8, 4) is 0 Å². The number of nitrogens with zero attached hydrogens (tertiary/aromatic N) is 2. The van der Waals surface area contributed by atoms with Gasteiger partial charge in [0.1, 0.15) is 10.7 Å². The lowest BCUT2D eigenvalue weighted by atomic mass is 10.1. The summed E-state index contributed by atoms with van der Waals surface area (Å²) in [6.45, 7) is 4.71. The average Bonchev–Trinajstić information content (AvgIpc) is 2.64. The molecule has 7 nitrogen and oxygen atoms in total. The Balaban J connectivity index is 2.42. The minimum Gasteiger partial charge on any atom is -0.383 e. The summed E-state index contributed by atoms with van der Waals surface area (Å²) in [5.74, 6) is 0.0623. The van der Waals surface area contributed by atoms with Crippen LogP contribution >= 0.6 is 0 Å². The molecule has 1 aromatic rings. The molecule has 1 aliphatic heterocycles. The Morgan fingerprint density at radius 3 is 2.82 bits per heavy atom. The van der Waals surface area contributed by atoms with Crippen LogP contribution in [0, 0.1) is 0 Å². The van der Waals surface area contributed by atoms with E-state index in [0.29, 0.717) is 19.8 Å². The van der Waals surface area contributed by atoms with Crippen LogP contribution in [0.2, 0.25) is 0 Å². The van der Waals surface area contributed by atoms with Crippen LogP contribution in [0.4, 0.5) is 5.82 Å². The second-order valence-corrected chi connectivity index (χ2v) is 6.42. The maximum Gasteiger partial charge on any atom is 0.248 e. The van der Waals surface area contributed by atoms with E-state index in [1.54, 1.807) is 0 Å². The Hall–Kier alpha value is -1.12. The maximum atomic E-state index is 12.4. The first-order valence-electron chi connectivity index (χ1n) is 5.25. The van der Waals surface area contributed by atoms with Gasteiger partial charge in [-0.3, -0.25) is 5.10 Å². The van der Waals surface area contributed by atoms with E-state index in [-0.39, 0.29) is 10.7 Å². The third-order valence-corrected chi connectivity index (χ3v) is 4.91. The number of ether oxygens (including phenoxy) is 1. The molecular weight excluding hydrogens is 244 g/mol. The van der Waals surface area contributed by atoms with Crippen molar-refractivity contribution in [1.29, 1.82) is 0 Å². The zero-order valence-electron chi connectivity index (χ0n) is 9.80. The zero-order valence-corrected chi connectivity index (χ0v) is 10.6. The van der Waals surface area contributed by atoms with Crippen molar-refractivity contribution in [3.05, 3.63) is 6.20 Å². The molecular formula is C9H16N4O3S. The molecule has 8 heteroatoms. The Bertz CT molecular complexity index is 508. The van der Waals surface area contributed by atoms with Crippen LogP contribution < -0.4 is 5.73 Å². The molecule has 3 N–H and O–H groups in total. The first-order valence-corrected chi connectivity index (χ1v) is 6.69. The Kier molecular flexibility index (Phi) is 2.88. The minimum absolute atomic E-state index is 0.0208. The second kappa shape index (κ2) is 3.97. The van der Waals surface area contributed by atoms with Gasteiger partial charge in [0.25, 0.3) is 0 Å². The molecule has 1 fully saturated rings. The standard InChI is InChI=1S/C9H16N4O3S/c1-9(2)6-16-4-3-13(9)17(14,15)7-5-11-12-8(7)10/h5H,3-4,6H2,1-2H3,(H3,10,11,12). The molecule has 96 valence electrons. The molecule has 1 aromatic heterocycles. The Morgan fingerprint density at radius 1 is 1.59 bits per heavy atom. The summed E-state index contributed by atoms with van der Waals surface area (Å²) < 4.78 is 31.5. The highest BCUT2D eigenvalue weighted by molar-refractivity contribution is 7.89. The quantitative estimate of drug-likeness (QED) is 0.766. The summed E-state index contributed by atoms with van der Waals surface area (Å²) in [7, 11) is -3.62. The predicted molar refractivity (Wildman–Crippen MR) is 61.8 cm³/mol. The number of hydrogen-bond acceptors (Lipinski definition) is 5. The number of nitrogens with one attached hydrogen (secondary N) is 1. The van der Waals surface area contributed by atoms with Gasteiger partial charge in [0.2, 0.25) is 10.0 Å². The molecule has 0 radical (unpaired) electrons. The van der Waals surface area contributed by atoms with Crippen LogP contribution in [-0.2, 0) is 14.8 Å². The van der Waals surface area contributed by atoms with Crippen LogP contribution in [0.1, 0.15) is 13.8 Å². The normalized spacial score (nSPS) is 21.5. The number of aromatic nitrogens is 2. The second-order valence-electron chi connectivity index (χ2n) is 4.59. The van der Waals surface area contributed by atoms with Gasteiger partial charge in [0, 0.05) is 6.54 Å². The van der Waals surface area contributed by atoms with Crippen LogP contribution in [0.3, 0.4) is 0 Å². The molecule has 2 heterocycles. The number of sulfonamides is 1. The number of nitrogens with two attached hydrogens (primary N) is 1. The van der Waals surface area contributed by atoms with Gasteiger partial charge in [-0.05, 0) is 13.8 Å². The molecule has 0 aromatic carbocycles. The molecule has 1 saturated heterocycles. The maximum absolute atomic E-state index is 12.4. The summed E-state index contributed by atoms with van der Waals surface area (Å²) in [6.07, 6.45) is 1.23. The van der Waals surface area contributed by atoms with Crippen molar-refractivity contribution >= 4 is 15.8 Å². The summed E-state index contributed by atoms with van der Waals surface area (Å²) >= 11 is 0. The fraction of sp³-hybridized carbons (Fsp3) is 0.667. The van der Waals surface area contributed by atoms with Crippen molar-refractivity contribution in [3.63, 3.8) is 0 Å². The molecule has 0 aliphatic carbocycles. The number of rotatable bonds is 2. The van der Waals surface area contributed by atoms with Gasteiger partial charge >= 0.3 is 0 Å². The Labute approximate surface area is 100.0 Å². The third kappa shape index (κ3) is 2.03. The zero-order chi connectivity index (χ0) is 12.7. The summed E-state index contributed by atoms with van der Waals surface area (Å²) in [5, 5.41) is 6.08. The van der Waals surface area contributed by atoms with Crippen LogP contribution in [0.15, 0.2) is 11.1 Å². The number of morpholine rings is 1. The topological polar surface area (TPSA) is 101 Å². The molecule has 2 rings (SSSR count). The van der Waals surface area contributed by atoms with Crippen molar-refractivity contribution in [2.45, 2.75) is 24.3 Å². The molecule has 0 bridgehead atoms. The highest BCUT2D eigenvalue weighted by Crippen LogP contribution is 2.28. The van der Waals surface area contributed by atoms with Gasteiger partial charge in [0.15, 0.2) is 0 Å². The first kappa shape index (κ1) is 12.3. The SMILES string of the molecule is CC1(C)COCCN1S(=O)(=O)c1cn[nH]c1N. The van der Waals surface area contributed by atoms with Crippen molar-refractivity contribution < 1.29 is 13.2 Å². The van der Waals surface area contributed by atoms with E-state index in [1.807, 2.05) is 13.8 Å². The van der Waals surface area contributed by atoms with E-state index in [4.69, 9.17) is 10.5 Å². The number of nitrogen functional groups attached to an aromatic ring is 1. The third-order valence-electron chi connectivity index (χ3n) is 2.77. The van der Waals surface area contributed by atoms with Gasteiger partial charge in [-0.15, -0.1) is 0 Å². The molecule has 0 saturated carbocycles. The van der Waals surface area contributed by atoms with E-state index >= 15 is 0 Å². The number of anilines is 1. The summed E-state index contributed by atoms with van der Waals surface area (Å²) in [4.78, 5) is 0.0208. The van der Waals surface area contributed by atoms with Gasteiger partial charge < -0.3 is 10.5 Å². The van der Waals surface area contributed by atoms with Crippen molar-refractivity contribution in [1.82, 2.24) is 14.5 Å². The fourth-order valence-corrected chi connectivity index (χ4v) is 3.66. The van der Waals surface area contributed by atoms with Gasteiger partial charge in [-0.25, -0.2) is 8.42 Å². The predicted octanol–water partition coefficient (Wildman–Crippen LogP) is -0.209. The van der Waals surface area contributed by atoms with E-state index in [9.17, 15) is 8.42 Å². The van der Waals surface area contributed by atoms with Crippen molar-refractivity contribution in [2.24, 2.45) is 0 Å².